The Morgan fingerprint density at radius 1 is 1.44 bits per heavy atom. The Bertz CT molecular complexity index is 765. The lowest BCUT2D eigenvalue weighted by atomic mass is 10.0. The molecule has 1 saturated heterocycles. The summed E-state index contributed by atoms with van der Waals surface area (Å²) in [7, 11) is 0. The number of hydrogen-bond acceptors (Lipinski definition) is 7. The number of hydrogen-bond donors (Lipinski definition) is 3. The Morgan fingerprint density at radius 2 is 2.20 bits per heavy atom. The predicted octanol–water partition coefficient (Wildman–Crippen LogP) is 2.35. The number of rotatable bonds is 4. The second-order valence-electron chi connectivity index (χ2n) is 6.16. The number of nitrogens with zero attached hydrogens (tertiary/aromatic N) is 3. The molecule has 0 aromatic carbocycles. The molecular weight excluding hydrogens is 360 g/mol. The number of aromatic nitrogens is 2. The monoisotopic (exact) mass is 382 g/mol. The highest BCUT2D eigenvalue weighted by Gasteiger charge is 2.23. The molecule has 9 heteroatoms. The number of anilines is 3. The van der Waals surface area contributed by atoms with Crippen molar-refractivity contribution in [2.75, 3.05) is 23.3 Å². The quantitative estimate of drug-likeness (QED) is 0.748. The van der Waals surface area contributed by atoms with Crippen LogP contribution < -0.4 is 21.7 Å². The van der Waals surface area contributed by atoms with E-state index in [1.807, 2.05) is 19.9 Å². The lowest BCUT2D eigenvalue weighted by molar-refractivity contribution is 0.0996. The minimum absolute atomic E-state index is 0. The fourth-order valence-electron chi connectivity index (χ4n) is 3.03. The Balaban J connectivity index is 0.00000225. The van der Waals surface area contributed by atoms with Gasteiger partial charge in [0, 0.05) is 19.1 Å². The van der Waals surface area contributed by atoms with Crippen molar-refractivity contribution in [2.24, 2.45) is 11.5 Å². The van der Waals surface area contributed by atoms with Crippen LogP contribution in [0, 0.1) is 13.8 Å². The highest BCUT2D eigenvalue weighted by molar-refractivity contribution is 7.10. The van der Waals surface area contributed by atoms with Crippen LogP contribution in [0.25, 0.3) is 0 Å². The van der Waals surface area contributed by atoms with Gasteiger partial charge in [0.1, 0.15) is 5.00 Å². The molecule has 0 radical (unpaired) electrons. The lowest BCUT2D eigenvalue weighted by Crippen LogP contribution is -2.43. The molecule has 7 nitrogen and oxygen atoms in total. The molecule has 0 saturated carbocycles. The third-order valence-corrected chi connectivity index (χ3v) is 5.02. The van der Waals surface area contributed by atoms with Gasteiger partial charge in [-0.05, 0) is 49.9 Å². The van der Waals surface area contributed by atoms with Gasteiger partial charge in [-0.15, -0.1) is 12.4 Å². The van der Waals surface area contributed by atoms with Crippen LogP contribution in [0.2, 0.25) is 0 Å². The van der Waals surface area contributed by atoms with Crippen LogP contribution in [0.15, 0.2) is 12.3 Å². The van der Waals surface area contributed by atoms with Gasteiger partial charge in [-0.3, -0.25) is 4.79 Å². The molecule has 2 aromatic rings. The summed E-state index contributed by atoms with van der Waals surface area (Å²) >= 11 is 1.34. The first-order chi connectivity index (χ1) is 11.5. The number of aryl methyl sites for hydroxylation is 1. The third kappa shape index (κ3) is 4.20. The first kappa shape index (κ1) is 19.4. The average molecular weight is 383 g/mol. The van der Waals surface area contributed by atoms with Crippen LogP contribution in [-0.4, -0.2) is 34.4 Å². The summed E-state index contributed by atoms with van der Waals surface area (Å²) in [6, 6.07) is 2.09. The molecule has 136 valence electrons. The second-order valence-corrected chi connectivity index (χ2v) is 6.97. The molecule has 1 atom stereocenters. The Kier molecular flexibility index (Phi) is 6.21. The molecule has 1 aliphatic heterocycles. The molecule has 0 unspecified atom stereocenters. The summed E-state index contributed by atoms with van der Waals surface area (Å²) in [5, 5.41) is 4.12. The SMILES string of the molecule is Cc1cc(Nc2c(C(N)=O)ncc(N3CCC[C@@H](N)C3)c2C)sn1.Cl. The topological polar surface area (TPSA) is 110 Å². The van der Waals surface area contributed by atoms with Crippen LogP contribution in [0.3, 0.4) is 0 Å². The maximum Gasteiger partial charge on any atom is 0.269 e. The summed E-state index contributed by atoms with van der Waals surface area (Å²) < 4.78 is 4.25. The van der Waals surface area contributed by atoms with Crippen molar-refractivity contribution >= 4 is 46.2 Å². The van der Waals surface area contributed by atoms with Crippen LogP contribution in [0.5, 0.6) is 0 Å². The fraction of sp³-hybridized carbons (Fsp3) is 0.438. The molecule has 3 rings (SSSR count). The van der Waals surface area contributed by atoms with Gasteiger partial charge in [0.05, 0.1) is 23.3 Å². The maximum absolute atomic E-state index is 11.8. The minimum atomic E-state index is -0.552. The zero-order chi connectivity index (χ0) is 17.3. The van der Waals surface area contributed by atoms with E-state index in [4.69, 9.17) is 11.5 Å². The van der Waals surface area contributed by atoms with Gasteiger partial charge in [0.2, 0.25) is 0 Å². The van der Waals surface area contributed by atoms with E-state index in [1.54, 1.807) is 6.20 Å². The molecule has 0 spiro atoms. The van der Waals surface area contributed by atoms with E-state index in [1.165, 1.54) is 11.5 Å². The molecule has 1 amide bonds. The zero-order valence-corrected chi connectivity index (χ0v) is 15.9. The average Bonchev–Trinajstić information content (AvgIpc) is 2.94. The van der Waals surface area contributed by atoms with Gasteiger partial charge in [-0.1, -0.05) is 0 Å². The van der Waals surface area contributed by atoms with Crippen molar-refractivity contribution in [3.05, 3.63) is 29.2 Å². The van der Waals surface area contributed by atoms with Gasteiger partial charge in [0.25, 0.3) is 5.91 Å². The van der Waals surface area contributed by atoms with Crippen LogP contribution in [0.4, 0.5) is 16.4 Å². The highest BCUT2D eigenvalue weighted by Crippen LogP contribution is 2.33. The molecule has 5 N–H and O–H groups in total. The maximum atomic E-state index is 11.8. The molecule has 1 fully saturated rings. The number of piperidine rings is 1. The van der Waals surface area contributed by atoms with Gasteiger partial charge < -0.3 is 21.7 Å². The molecular formula is C16H23ClN6OS. The number of halogens is 1. The first-order valence-corrected chi connectivity index (χ1v) is 8.73. The largest absolute Gasteiger partial charge is 0.368 e. The number of carbonyl (C=O) groups excluding carboxylic acids is 1. The van der Waals surface area contributed by atoms with Crippen LogP contribution in [-0.2, 0) is 0 Å². The lowest BCUT2D eigenvalue weighted by Gasteiger charge is -2.34. The number of nitrogens with two attached hydrogens (primary N) is 2. The summed E-state index contributed by atoms with van der Waals surface area (Å²) in [5.41, 5.74) is 15.3. The number of carbonyl (C=O) groups is 1. The summed E-state index contributed by atoms with van der Waals surface area (Å²) in [6.45, 7) is 5.62. The van der Waals surface area contributed by atoms with Crippen LogP contribution >= 0.6 is 23.9 Å². The standard InChI is InChI=1S/C16H22N6OS.ClH/c1-9-6-13(24-21-9)20-14-10(2)12(7-19-15(14)16(18)23)22-5-3-4-11(17)8-22;/h6-7,11,20H,3-5,8,17H2,1-2H3,(H2,18,23);1H/t11-;/m1./s1. The van der Waals surface area contributed by atoms with E-state index in [0.29, 0.717) is 5.69 Å². The van der Waals surface area contributed by atoms with E-state index >= 15 is 0 Å². The third-order valence-electron chi connectivity index (χ3n) is 4.22. The second kappa shape index (κ2) is 7.99. The summed E-state index contributed by atoms with van der Waals surface area (Å²) in [4.78, 5) is 18.3. The van der Waals surface area contributed by atoms with E-state index < -0.39 is 5.91 Å². The van der Waals surface area contributed by atoms with E-state index in [9.17, 15) is 4.79 Å². The minimum Gasteiger partial charge on any atom is -0.368 e. The van der Waals surface area contributed by atoms with E-state index in [-0.39, 0.29) is 24.1 Å². The first-order valence-electron chi connectivity index (χ1n) is 7.96. The zero-order valence-electron chi connectivity index (χ0n) is 14.3. The number of nitrogens with one attached hydrogen (secondary N) is 1. The molecule has 1 aliphatic rings. The molecule has 0 aliphatic carbocycles. The Labute approximate surface area is 157 Å². The van der Waals surface area contributed by atoms with Crippen molar-refractivity contribution in [2.45, 2.75) is 32.7 Å². The van der Waals surface area contributed by atoms with Crippen molar-refractivity contribution in [3.63, 3.8) is 0 Å². The molecule has 2 aromatic heterocycles. The van der Waals surface area contributed by atoms with Crippen molar-refractivity contribution in [1.29, 1.82) is 0 Å². The summed E-state index contributed by atoms with van der Waals surface area (Å²) in [5.74, 6) is -0.552. The van der Waals surface area contributed by atoms with Crippen molar-refractivity contribution in [3.8, 4) is 0 Å². The van der Waals surface area contributed by atoms with E-state index in [2.05, 4.69) is 19.6 Å². The highest BCUT2D eigenvalue weighted by atomic mass is 35.5. The molecule has 0 bridgehead atoms. The van der Waals surface area contributed by atoms with Crippen molar-refractivity contribution in [1.82, 2.24) is 9.36 Å². The smallest absolute Gasteiger partial charge is 0.269 e. The van der Waals surface area contributed by atoms with Crippen molar-refractivity contribution < 1.29 is 4.79 Å². The van der Waals surface area contributed by atoms with Gasteiger partial charge >= 0.3 is 0 Å². The Hall–Kier alpha value is -1.90. The number of amides is 1. The summed E-state index contributed by atoms with van der Waals surface area (Å²) in [6.07, 6.45) is 3.80. The Morgan fingerprint density at radius 3 is 2.80 bits per heavy atom. The van der Waals surface area contributed by atoms with Crippen LogP contribution in [0.1, 0.15) is 34.6 Å². The molecule has 3 heterocycles. The van der Waals surface area contributed by atoms with Gasteiger partial charge in [-0.25, -0.2) is 4.98 Å². The number of pyridine rings is 1. The normalized spacial score (nSPS) is 17.1. The fourth-order valence-corrected chi connectivity index (χ4v) is 3.69. The number of primary amides is 1. The van der Waals surface area contributed by atoms with Gasteiger partial charge in [-0.2, -0.15) is 4.37 Å². The predicted molar refractivity (Wildman–Crippen MR) is 104 cm³/mol. The van der Waals surface area contributed by atoms with Gasteiger partial charge in [0.15, 0.2) is 5.69 Å². The van der Waals surface area contributed by atoms with E-state index in [0.717, 1.165) is 47.9 Å². The molecule has 25 heavy (non-hydrogen) atoms.